The van der Waals surface area contributed by atoms with Crippen molar-refractivity contribution in [2.24, 2.45) is 0 Å². The minimum Gasteiger partial charge on any atom is -0.462 e. The molecule has 0 aromatic carbocycles. The van der Waals surface area contributed by atoms with Gasteiger partial charge in [-0.25, -0.2) is 4.57 Å². The predicted molar refractivity (Wildman–Crippen MR) is 258 cm³/mol. The van der Waals surface area contributed by atoms with E-state index in [2.05, 4.69) is 50.3 Å². The summed E-state index contributed by atoms with van der Waals surface area (Å²) in [6.45, 7) is 3.26. The first-order chi connectivity index (χ1) is 31.4. The van der Waals surface area contributed by atoms with E-state index in [1.165, 1.54) is 109 Å². The molecule has 1 fully saturated rings. The van der Waals surface area contributed by atoms with E-state index < -0.39 is 75.7 Å². The fourth-order valence-electron chi connectivity index (χ4n) is 7.53. The molecule has 0 bridgehead atoms. The van der Waals surface area contributed by atoms with Crippen molar-refractivity contribution in [3.8, 4) is 0 Å². The number of aliphatic hydroxyl groups excluding tert-OH is 5. The molecule has 378 valence electrons. The van der Waals surface area contributed by atoms with Crippen LogP contribution in [0.3, 0.4) is 0 Å². The average molecular weight is 943 g/mol. The van der Waals surface area contributed by atoms with Gasteiger partial charge in [-0.1, -0.05) is 172 Å². The van der Waals surface area contributed by atoms with E-state index in [9.17, 15) is 44.6 Å². The zero-order valence-electron chi connectivity index (χ0n) is 40.3. The average Bonchev–Trinajstić information content (AvgIpc) is 3.29. The molecule has 0 spiro atoms. The van der Waals surface area contributed by atoms with Gasteiger partial charge in [0.2, 0.25) is 0 Å². The Morgan fingerprint density at radius 3 is 1.32 bits per heavy atom. The lowest BCUT2D eigenvalue weighted by Crippen LogP contribution is -2.64. The maximum Gasteiger partial charge on any atom is 0.472 e. The van der Waals surface area contributed by atoms with E-state index in [0.717, 1.165) is 51.4 Å². The van der Waals surface area contributed by atoms with Crippen molar-refractivity contribution < 1.29 is 63.1 Å². The molecule has 13 nitrogen and oxygen atoms in total. The van der Waals surface area contributed by atoms with E-state index >= 15 is 0 Å². The number of rotatable bonds is 42. The Labute approximate surface area is 392 Å². The zero-order valence-corrected chi connectivity index (χ0v) is 41.2. The van der Waals surface area contributed by atoms with Gasteiger partial charge in [-0.15, -0.1) is 0 Å². The van der Waals surface area contributed by atoms with Crippen molar-refractivity contribution in [2.75, 3.05) is 13.2 Å². The number of carbonyl (C=O) groups excluding carboxylic acids is 2. The minimum absolute atomic E-state index is 0.0835. The highest BCUT2D eigenvalue weighted by atomic mass is 31.2. The molecule has 0 aliphatic heterocycles. The lowest BCUT2D eigenvalue weighted by molar-refractivity contribution is -0.220. The van der Waals surface area contributed by atoms with E-state index in [0.29, 0.717) is 19.3 Å². The molecule has 1 aliphatic carbocycles. The van der Waals surface area contributed by atoms with Gasteiger partial charge in [-0.05, 0) is 70.6 Å². The maximum absolute atomic E-state index is 12.8. The number of unbranched alkanes of at least 4 members (excludes halogenated alkanes) is 22. The second kappa shape index (κ2) is 40.8. The SMILES string of the molecule is CCCCCCCC/C=C/C/C=C/C/C=C/CCCC(=O)OC[C@H](COP(=O)(O)OC1C(O)C(O)C(O)[C@@H](O)C1O)OC(=O)CCCCCCCCCCC/C=C/CCCCCCCC. The molecule has 6 unspecified atom stereocenters. The first-order valence-corrected chi connectivity index (χ1v) is 26.9. The van der Waals surface area contributed by atoms with Crippen LogP contribution in [0.25, 0.3) is 0 Å². The third-order valence-corrected chi connectivity index (χ3v) is 12.6. The molecule has 0 amide bonds. The molecule has 1 rings (SSSR count). The first-order valence-electron chi connectivity index (χ1n) is 25.4. The summed E-state index contributed by atoms with van der Waals surface area (Å²) < 4.78 is 33.6. The number of phosphoric ester groups is 1. The van der Waals surface area contributed by atoms with Crippen molar-refractivity contribution in [2.45, 2.75) is 249 Å². The largest absolute Gasteiger partial charge is 0.472 e. The summed E-state index contributed by atoms with van der Waals surface area (Å²) in [7, 11) is -5.13. The van der Waals surface area contributed by atoms with Crippen LogP contribution in [0.1, 0.15) is 206 Å². The minimum atomic E-state index is -5.13. The number of phosphoric acid groups is 1. The van der Waals surface area contributed by atoms with Gasteiger partial charge in [0.1, 0.15) is 43.2 Å². The zero-order chi connectivity index (χ0) is 47.8. The van der Waals surface area contributed by atoms with Crippen molar-refractivity contribution in [1.82, 2.24) is 0 Å². The summed E-state index contributed by atoms with van der Waals surface area (Å²) in [5.74, 6) is -1.16. The molecular formula is C51H91O13P. The molecule has 0 aromatic heterocycles. The number of esters is 2. The quantitative estimate of drug-likeness (QED) is 0.0146. The van der Waals surface area contributed by atoms with E-state index in [-0.39, 0.29) is 12.8 Å². The second-order valence-electron chi connectivity index (χ2n) is 17.7. The Bertz CT molecular complexity index is 1320. The molecule has 0 aromatic rings. The smallest absolute Gasteiger partial charge is 0.462 e. The maximum atomic E-state index is 12.8. The number of carbonyl (C=O) groups is 2. The number of aliphatic hydroxyl groups is 5. The van der Waals surface area contributed by atoms with E-state index in [1.54, 1.807) is 0 Å². The molecule has 0 saturated heterocycles. The Kier molecular flexibility index (Phi) is 38.2. The van der Waals surface area contributed by atoms with Gasteiger partial charge in [-0.2, -0.15) is 0 Å². The van der Waals surface area contributed by atoms with E-state index in [1.807, 2.05) is 12.2 Å². The fourth-order valence-corrected chi connectivity index (χ4v) is 8.51. The van der Waals surface area contributed by atoms with Crippen LogP contribution >= 0.6 is 7.82 Å². The van der Waals surface area contributed by atoms with Crippen LogP contribution in [0, 0.1) is 0 Å². The topological polar surface area (TPSA) is 210 Å². The van der Waals surface area contributed by atoms with Gasteiger partial charge in [-0.3, -0.25) is 18.6 Å². The summed E-state index contributed by atoms with van der Waals surface area (Å²) >= 11 is 0. The van der Waals surface area contributed by atoms with E-state index in [4.69, 9.17) is 18.5 Å². The van der Waals surface area contributed by atoms with Crippen molar-refractivity contribution in [3.63, 3.8) is 0 Å². The predicted octanol–water partition coefficient (Wildman–Crippen LogP) is 10.7. The summed E-state index contributed by atoms with van der Waals surface area (Å²) in [6.07, 6.45) is 35.9. The number of ether oxygens (including phenoxy) is 2. The van der Waals surface area contributed by atoms with Crippen LogP contribution in [-0.2, 0) is 32.7 Å². The number of allylic oxidation sites excluding steroid dienone is 8. The van der Waals surface area contributed by atoms with Gasteiger partial charge >= 0.3 is 19.8 Å². The molecule has 14 heteroatoms. The van der Waals surface area contributed by atoms with Gasteiger partial charge in [0.25, 0.3) is 0 Å². The van der Waals surface area contributed by atoms with Crippen LogP contribution in [0.4, 0.5) is 0 Å². The van der Waals surface area contributed by atoms with Crippen molar-refractivity contribution in [1.29, 1.82) is 0 Å². The molecule has 0 heterocycles. The summed E-state index contributed by atoms with van der Waals surface area (Å²) in [4.78, 5) is 35.8. The molecule has 8 atom stereocenters. The Morgan fingerprint density at radius 2 is 0.846 bits per heavy atom. The molecule has 1 saturated carbocycles. The van der Waals surface area contributed by atoms with Gasteiger partial charge in [0.05, 0.1) is 6.61 Å². The van der Waals surface area contributed by atoms with Crippen molar-refractivity contribution in [3.05, 3.63) is 48.6 Å². The third kappa shape index (κ3) is 33.0. The summed E-state index contributed by atoms with van der Waals surface area (Å²) in [6, 6.07) is 0. The monoisotopic (exact) mass is 943 g/mol. The van der Waals surface area contributed by atoms with Crippen LogP contribution in [0.15, 0.2) is 48.6 Å². The van der Waals surface area contributed by atoms with Crippen LogP contribution in [-0.4, -0.2) is 98.3 Å². The first kappa shape index (κ1) is 60.8. The Balaban J connectivity index is 2.45. The van der Waals surface area contributed by atoms with Gasteiger partial charge in [0.15, 0.2) is 6.10 Å². The third-order valence-electron chi connectivity index (χ3n) is 11.6. The standard InChI is InChI=1S/C51H91O13P/c1-3-5-7-9-11-13-15-17-19-21-22-24-26-28-30-32-34-36-38-40-45(53)63-43(42-62-65(59,60)64-51-49(57)47(55)46(54)48(56)50(51)58)41-61-44(52)39-37-35-33-31-29-27-25-23-20-18-16-14-12-10-8-6-4-2/h17-20,25,27,31,33,43,46-51,54-58H,3-16,21-24,26,28-30,32,34-42H2,1-2H3,(H,59,60)/b19-17+,20-18+,27-25+,33-31+/t43-,46?,47-,48?,49?,50?,51?/m1/s1. The molecule has 6 N–H and O–H groups in total. The fraction of sp³-hybridized carbons (Fsp3) is 0.804. The van der Waals surface area contributed by atoms with Crippen LogP contribution in [0.5, 0.6) is 0 Å². The second-order valence-corrected chi connectivity index (χ2v) is 19.1. The Hall–Kier alpha value is -2.19. The highest BCUT2D eigenvalue weighted by Gasteiger charge is 2.51. The lowest BCUT2D eigenvalue weighted by Gasteiger charge is -2.41. The van der Waals surface area contributed by atoms with Gasteiger partial charge < -0.3 is 39.9 Å². The molecule has 65 heavy (non-hydrogen) atoms. The van der Waals surface area contributed by atoms with Crippen LogP contribution < -0.4 is 0 Å². The molecular weight excluding hydrogens is 852 g/mol. The summed E-state index contributed by atoms with van der Waals surface area (Å²) in [5, 5.41) is 50.2. The molecule has 1 aliphatic rings. The van der Waals surface area contributed by atoms with Gasteiger partial charge in [0, 0.05) is 12.8 Å². The lowest BCUT2D eigenvalue weighted by atomic mass is 9.85. The molecule has 0 radical (unpaired) electrons. The number of hydrogen-bond acceptors (Lipinski definition) is 12. The summed E-state index contributed by atoms with van der Waals surface area (Å²) in [5.41, 5.74) is 0. The highest BCUT2D eigenvalue weighted by Crippen LogP contribution is 2.47. The van der Waals surface area contributed by atoms with Crippen molar-refractivity contribution >= 4 is 19.8 Å². The Morgan fingerprint density at radius 1 is 0.477 bits per heavy atom. The highest BCUT2D eigenvalue weighted by molar-refractivity contribution is 7.47. The van der Waals surface area contributed by atoms with Crippen LogP contribution in [0.2, 0.25) is 0 Å². The number of hydrogen-bond donors (Lipinski definition) is 6. The normalized spacial score (nSPS) is 21.8.